The highest BCUT2D eigenvalue weighted by molar-refractivity contribution is 5.31. The molecule has 1 fully saturated rings. The number of aryl methyl sites for hydroxylation is 2. The van der Waals surface area contributed by atoms with Gasteiger partial charge in [0.1, 0.15) is 0 Å². The third-order valence-electron chi connectivity index (χ3n) is 3.71. The van der Waals surface area contributed by atoms with Crippen molar-refractivity contribution in [1.29, 1.82) is 0 Å². The lowest BCUT2D eigenvalue weighted by molar-refractivity contribution is 0.136. The lowest BCUT2D eigenvalue weighted by Gasteiger charge is -2.28. The first kappa shape index (κ1) is 13.5. The molecule has 1 aliphatic heterocycles. The van der Waals surface area contributed by atoms with Gasteiger partial charge in [0.15, 0.2) is 0 Å². The molecule has 0 spiro atoms. The second-order valence-electron chi connectivity index (χ2n) is 5.26. The van der Waals surface area contributed by atoms with Crippen molar-refractivity contribution in [3.05, 3.63) is 34.9 Å². The van der Waals surface area contributed by atoms with E-state index in [1.54, 1.807) is 0 Å². The Balaban J connectivity index is 1.88. The molecule has 2 N–H and O–H groups in total. The van der Waals surface area contributed by atoms with Crippen LogP contribution >= 0.6 is 0 Å². The molecule has 1 heterocycles. The van der Waals surface area contributed by atoms with Gasteiger partial charge in [-0.05, 0) is 31.4 Å². The number of aliphatic hydroxyl groups is 1. The Hall–Kier alpha value is -0.900. The first-order chi connectivity index (χ1) is 8.66. The number of nitrogens with one attached hydrogen (secondary N) is 1. The van der Waals surface area contributed by atoms with E-state index in [2.05, 4.69) is 42.3 Å². The van der Waals surface area contributed by atoms with Gasteiger partial charge in [-0.25, -0.2) is 0 Å². The molecule has 0 bridgehead atoms. The van der Waals surface area contributed by atoms with E-state index in [9.17, 15) is 5.11 Å². The third-order valence-corrected chi connectivity index (χ3v) is 3.71. The molecule has 0 saturated carbocycles. The largest absolute Gasteiger partial charge is 0.388 e. The molecule has 100 valence electrons. The van der Waals surface area contributed by atoms with Gasteiger partial charge in [-0.15, -0.1) is 0 Å². The van der Waals surface area contributed by atoms with E-state index >= 15 is 0 Å². The molecule has 2 rings (SSSR count). The van der Waals surface area contributed by atoms with Crippen LogP contribution in [0.15, 0.2) is 18.2 Å². The van der Waals surface area contributed by atoms with Crippen molar-refractivity contribution < 1.29 is 5.11 Å². The van der Waals surface area contributed by atoms with E-state index < -0.39 is 0 Å². The van der Waals surface area contributed by atoms with E-state index in [-0.39, 0.29) is 6.10 Å². The molecule has 1 atom stereocenters. The van der Waals surface area contributed by atoms with Crippen molar-refractivity contribution in [1.82, 2.24) is 10.2 Å². The van der Waals surface area contributed by atoms with Crippen LogP contribution in [0.3, 0.4) is 0 Å². The number of benzene rings is 1. The van der Waals surface area contributed by atoms with Crippen molar-refractivity contribution in [2.75, 3.05) is 32.7 Å². The first-order valence-electron chi connectivity index (χ1n) is 6.85. The third kappa shape index (κ3) is 3.55. The molecule has 1 saturated heterocycles. The predicted octanol–water partition coefficient (Wildman–Crippen LogP) is 1.63. The Morgan fingerprint density at radius 2 is 2.00 bits per heavy atom. The maximum absolute atomic E-state index is 10.3. The molecule has 0 radical (unpaired) electrons. The van der Waals surface area contributed by atoms with Crippen LogP contribution < -0.4 is 5.32 Å². The fourth-order valence-electron chi connectivity index (χ4n) is 2.59. The SMILES string of the molecule is Cc1ccc(C(O)CCN2CCNCC2)c(C)c1. The van der Waals surface area contributed by atoms with Crippen molar-refractivity contribution >= 4 is 0 Å². The summed E-state index contributed by atoms with van der Waals surface area (Å²) in [4.78, 5) is 2.42. The highest BCUT2D eigenvalue weighted by atomic mass is 16.3. The van der Waals surface area contributed by atoms with Crippen molar-refractivity contribution in [3.63, 3.8) is 0 Å². The minimum Gasteiger partial charge on any atom is -0.388 e. The van der Waals surface area contributed by atoms with Crippen LogP contribution in [0.5, 0.6) is 0 Å². The summed E-state index contributed by atoms with van der Waals surface area (Å²) >= 11 is 0. The Bertz CT molecular complexity index is 386. The van der Waals surface area contributed by atoms with Crippen LogP contribution in [0, 0.1) is 13.8 Å². The van der Waals surface area contributed by atoms with Crippen LogP contribution in [0.4, 0.5) is 0 Å². The van der Waals surface area contributed by atoms with E-state index in [1.807, 2.05) is 0 Å². The molecule has 1 aromatic carbocycles. The second kappa shape index (κ2) is 6.32. The van der Waals surface area contributed by atoms with Crippen LogP contribution in [-0.2, 0) is 0 Å². The second-order valence-corrected chi connectivity index (χ2v) is 5.26. The fourth-order valence-corrected chi connectivity index (χ4v) is 2.59. The van der Waals surface area contributed by atoms with E-state index in [1.165, 1.54) is 11.1 Å². The molecule has 18 heavy (non-hydrogen) atoms. The zero-order valence-electron chi connectivity index (χ0n) is 11.4. The van der Waals surface area contributed by atoms with E-state index in [0.29, 0.717) is 0 Å². The summed E-state index contributed by atoms with van der Waals surface area (Å²) in [6.45, 7) is 9.48. The van der Waals surface area contributed by atoms with Gasteiger partial charge in [0.25, 0.3) is 0 Å². The van der Waals surface area contributed by atoms with Crippen molar-refractivity contribution in [3.8, 4) is 0 Å². The smallest absolute Gasteiger partial charge is 0.0804 e. The van der Waals surface area contributed by atoms with Gasteiger partial charge in [0.05, 0.1) is 6.10 Å². The molecule has 1 unspecified atom stereocenters. The quantitative estimate of drug-likeness (QED) is 0.850. The van der Waals surface area contributed by atoms with Crippen LogP contribution in [0.25, 0.3) is 0 Å². The number of hydrogen-bond acceptors (Lipinski definition) is 3. The summed E-state index contributed by atoms with van der Waals surface area (Å²) in [7, 11) is 0. The number of aliphatic hydroxyl groups excluding tert-OH is 1. The summed E-state index contributed by atoms with van der Waals surface area (Å²) in [5.41, 5.74) is 3.53. The number of piperazine rings is 1. The zero-order chi connectivity index (χ0) is 13.0. The highest BCUT2D eigenvalue weighted by Crippen LogP contribution is 2.21. The van der Waals surface area contributed by atoms with Crippen molar-refractivity contribution in [2.24, 2.45) is 0 Å². The van der Waals surface area contributed by atoms with Crippen LogP contribution in [0.2, 0.25) is 0 Å². The minimum absolute atomic E-state index is 0.333. The van der Waals surface area contributed by atoms with E-state index in [0.717, 1.165) is 44.7 Å². The fraction of sp³-hybridized carbons (Fsp3) is 0.600. The summed E-state index contributed by atoms with van der Waals surface area (Å²) in [6.07, 6.45) is 0.490. The highest BCUT2D eigenvalue weighted by Gasteiger charge is 2.14. The Morgan fingerprint density at radius 3 is 2.67 bits per heavy atom. The number of nitrogens with zero attached hydrogens (tertiary/aromatic N) is 1. The maximum atomic E-state index is 10.3. The first-order valence-corrected chi connectivity index (χ1v) is 6.85. The molecule has 1 aliphatic rings. The summed E-state index contributed by atoms with van der Waals surface area (Å²) in [6, 6.07) is 6.28. The molecular weight excluding hydrogens is 224 g/mol. The van der Waals surface area contributed by atoms with E-state index in [4.69, 9.17) is 0 Å². The molecule has 3 heteroatoms. The number of rotatable bonds is 4. The van der Waals surface area contributed by atoms with Gasteiger partial charge in [0, 0.05) is 32.7 Å². The Kier molecular flexibility index (Phi) is 4.75. The average molecular weight is 248 g/mol. The standard InChI is InChI=1S/C15H24N2O/c1-12-3-4-14(13(2)11-12)15(18)5-8-17-9-6-16-7-10-17/h3-4,11,15-16,18H,5-10H2,1-2H3. The summed E-state index contributed by atoms with van der Waals surface area (Å²) in [5.74, 6) is 0. The topological polar surface area (TPSA) is 35.5 Å². The predicted molar refractivity (Wildman–Crippen MR) is 74.8 cm³/mol. The van der Waals surface area contributed by atoms with Gasteiger partial charge in [-0.3, -0.25) is 0 Å². The minimum atomic E-state index is -0.333. The normalized spacial score (nSPS) is 18.8. The molecule has 1 aromatic rings. The van der Waals surface area contributed by atoms with Gasteiger partial charge in [0.2, 0.25) is 0 Å². The van der Waals surface area contributed by atoms with Gasteiger partial charge in [-0.2, -0.15) is 0 Å². The zero-order valence-corrected chi connectivity index (χ0v) is 11.4. The van der Waals surface area contributed by atoms with Crippen molar-refractivity contribution in [2.45, 2.75) is 26.4 Å². The van der Waals surface area contributed by atoms with Gasteiger partial charge >= 0.3 is 0 Å². The Morgan fingerprint density at radius 1 is 1.28 bits per heavy atom. The number of hydrogen-bond donors (Lipinski definition) is 2. The lowest BCUT2D eigenvalue weighted by atomic mass is 9.99. The Labute approximate surface area is 110 Å². The summed E-state index contributed by atoms with van der Waals surface area (Å²) < 4.78 is 0. The molecular formula is C15H24N2O. The molecule has 0 aromatic heterocycles. The molecule has 0 aliphatic carbocycles. The molecule has 0 amide bonds. The van der Waals surface area contributed by atoms with Crippen LogP contribution in [-0.4, -0.2) is 42.7 Å². The lowest BCUT2D eigenvalue weighted by Crippen LogP contribution is -2.44. The van der Waals surface area contributed by atoms with Crippen LogP contribution in [0.1, 0.15) is 29.2 Å². The van der Waals surface area contributed by atoms with Gasteiger partial charge in [-0.1, -0.05) is 23.8 Å². The average Bonchev–Trinajstić information content (AvgIpc) is 2.37. The maximum Gasteiger partial charge on any atom is 0.0804 e. The molecule has 3 nitrogen and oxygen atoms in total. The summed E-state index contributed by atoms with van der Waals surface area (Å²) in [5, 5.41) is 13.6. The monoisotopic (exact) mass is 248 g/mol. The van der Waals surface area contributed by atoms with Gasteiger partial charge < -0.3 is 15.3 Å².